The van der Waals surface area contributed by atoms with Gasteiger partial charge < -0.3 is 14.8 Å². The van der Waals surface area contributed by atoms with Crippen molar-refractivity contribution >= 4 is 23.4 Å². The van der Waals surface area contributed by atoms with Crippen molar-refractivity contribution in [3.63, 3.8) is 0 Å². The minimum Gasteiger partial charge on any atom is -0.497 e. The molecule has 0 unspecified atom stereocenters. The molecule has 0 aliphatic carbocycles. The number of methoxy groups -OCH3 is 2. The molecule has 0 saturated carbocycles. The van der Waals surface area contributed by atoms with Crippen molar-refractivity contribution in [3.8, 4) is 17.2 Å². The molecule has 1 N–H and O–H groups in total. The van der Waals surface area contributed by atoms with Crippen LogP contribution in [-0.2, 0) is 5.75 Å². The van der Waals surface area contributed by atoms with Crippen molar-refractivity contribution in [1.82, 2.24) is 25.0 Å². The number of aryl methyl sites for hydroxylation is 3. The summed E-state index contributed by atoms with van der Waals surface area (Å²) >= 11 is 1.42. The Morgan fingerprint density at radius 2 is 1.69 bits per heavy atom. The lowest BCUT2D eigenvalue weighted by Crippen LogP contribution is -2.16. The summed E-state index contributed by atoms with van der Waals surface area (Å²) in [4.78, 5) is 22.3. The highest BCUT2D eigenvalue weighted by atomic mass is 32.2. The molecule has 4 rings (SSSR count). The maximum absolute atomic E-state index is 13.3. The molecular weight excluding hydrogens is 464 g/mol. The number of hydrogen-bond acceptors (Lipinski definition) is 8. The van der Waals surface area contributed by atoms with Crippen molar-refractivity contribution in [2.24, 2.45) is 0 Å². The summed E-state index contributed by atoms with van der Waals surface area (Å²) in [6, 6.07) is 14.9. The van der Waals surface area contributed by atoms with Gasteiger partial charge in [0, 0.05) is 17.1 Å². The zero-order valence-corrected chi connectivity index (χ0v) is 21.0. The molecule has 0 saturated heterocycles. The van der Waals surface area contributed by atoms with Gasteiger partial charge in [-0.1, -0.05) is 23.0 Å². The smallest absolute Gasteiger partial charge is 0.278 e. The summed E-state index contributed by atoms with van der Waals surface area (Å²) in [6.45, 7) is 5.80. The lowest BCUT2D eigenvalue weighted by molar-refractivity contribution is 0.102. The number of nitrogens with zero attached hydrogens (tertiary/aromatic N) is 5. The van der Waals surface area contributed by atoms with Crippen LogP contribution in [0.3, 0.4) is 0 Å². The molecule has 0 bridgehead atoms. The number of ether oxygens (including phenoxy) is 2. The molecule has 10 heteroatoms. The van der Waals surface area contributed by atoms with Gasteiger partial charge in [0.1, 0.15) is 11.5 Å². The number of amides is 1. The standard InChI is InChI=1S/C25H26N6O3S/c1-15-6-11-22(34-5)20(12-15)28-24(32)23-21(14-35-25-26-16(2)13-17(3)27-25)31(30-29-23)18-7-9-19(33-4)10-8-18/h6-13H,14H2,1-5H3,(H,28,32). The van der Waals surface area contributed by atoms with Crippen molar-refractivity contribution in [2.45, 2.75) is 31.7 Å². The monoisotopic (exact) mass is 490 g/mol. The first-order valence-corrected chi connectivity index (χ1v) is 11.9. The van der Waals surface area contributed by atoms with Gasteiger partial charge in [0.05, 0.1) is 31.3 Å². The molecule has 35 heavy (non-hydrogen) atoms. The van der Waals surface area contributed by atoms with E-state index < -0.39 is 0 Å². The van der Waals surface area contributed by atoms with Crippen LogP contribution in [0.2, 0.25) is 0 Å². The van der Waals surface area contributed by atoms with Crippen LogP contribution in [0.15, 0.2) is 53.7 Å². The fourth-order valence-corrected chi connectivity index (χ4v) is 4.47. The topological polar surface area (TPSA) is 104 Å². The Kier molecular flexibility index (Phi) is 7.31. The Labute approximate surface area is 207 Å². The number of benzene rings is 2. The van der Waals surface area contributed by atoms with E-state index in [1.807, 2.05) is 69.3 Å². The van der Waals surface area contributed by atoms with Crippen LogP contribution in [0.4, 0.5) is 5.69 Å². The van der Waals surface area contributed by atoms with E-state index in [0.717, 1.165) is 28.4 Å². The van der Waals surface area contributed by atoms with E-state index in [2.05, 4.69) is 25.6 Å². The van der Waals surface area contributed by atoms with Crippen LogP contribution in [-0.4, -0.2) is 45.1 Å². The second-order valence-corrected chi connectivity index (χ2v) is 8.82. The third-order valence-electron chi connectivity index (χ3n) is 5.20. The van der Waals surface area contributed by atoms with Crippen molar-refractivity contribution in [3.05, 3.63) is 76.9 Å². The van der Waals surface area contributed by atoms with Crippen LogP contribution >= 0.6 is 11.8 Å². The van der Waals surface area contributed by atoms with Gasteiger partial charge in [-0.15, -0.1) is 5.10 Å². The van der Waals surface area contributed by atoms with Gasteiger partial charge in [0.15, 0.2) is 10.9 Å². The second kappa shape index (κ2) is 10.6. The Morgan fingerprint density at radius 3 is 2.34 bits per heavy atom. The lowest BCUT2D eigenvalue weighted by atomic mass is 10.2. The molecule has 9 nitrogen and oxygen atoms in total. The van der Waals surface area contributed by atoms with E-state index in [1.54, 1.807) is 18.9 Å². The quantitative estimate of drug-likeness (QED) is 0.283. The minimum absolute atomic E-state index is 0.209. The van der Waals surface area contributed by atoms with Gasteiger partial charge >= 0.3 is 0 Å². The predicted octanol–water partition coefficient (Wildman–Crippen LogP) is 4.54. The molecule has 4 aromatic rings. The van der Waals surface area contributed by atoms with E-state index in [1.165, 1.54) is 11.8 Å². The summed E-state index contributed by atoms with van der Waals surface area (Å²) in [6.07, 6.45) is 0. The largest absolute Gasteiger partial charge is 0.497 e. The van der Waals surface area contributed by atoms with E-state index >= 15 is 0 Å². The summed E-state index contributed by atoms with van der Waals surface area (Å²) in [7, 11) is 3.17. The third-order valence-corrected chi connectivity index (χ3v) is 6.06. The minimum atomic E-state index is -0.384. The summed E-state index contributed by atoms with van der Waals surface area (Å²) in [5, 5.41) is 12.1. The molecule has 0 fully saturated rings. The van der Waals surface area contributed by atoms with E-state index in [9.17, 15) is 4.79 Å². The molecule has 1 amide bonds. The van der Waals surface area contributed by atoms with Crippen LogP contribution < -0.4 is 14.8 Å². The van der Waals surface area contributed by atoms with Crippen molar-refractivity contribution in [1.29, 1.82) is 0 Å². The number of rotatable bonds is 8. The first kappa shape index (κ1) is 24.2. The number of anilines is 1. The van der Waals surface area contributed by atoms with Gasteiger partial charge in [0.25, 0.3) is 5.91 Å². The van der Waals surface area contributed by atoms with E-state index in [-0.39, 0.29) is 11.6 Å². The number of hydrogen-bond donors (Lipinski definition) is 1. The normalized spacial score (nSPS) is 10.8. The number of carbonyl (C=O) groups excluding carboxylic acids is 1. The lowest BCUT2D eigenvalue weighted by Gasteiger charge is -2.12. The third kappa shape index (κ3) is 5.60. The number of nitrogens with one attached hydrogen (secondary N) is 1. The number of thioether (sulfide) groups is 1. The van der Waals surface area contributed by atoms with Gasteiger partial charge in [-0.25, -0.2) is 14.6 Å². The van der Waals surface area contributed by atoms with Crippen molar-refractivity contribution < 1.29 is 14.3 Å². The first-order chi connectivity index (χ1) is 16.9. The van der Waals surface area contributed by atoms with Crippen LogP contribution in [0.1, 0.15) is 33.1 Å². The first-order valence-electron chi connectivity index (χ1n) is 10.9. The molecule has 2 aromatic heterocycles. The average molecular weight is 491 g/mol. The summed E-state index contributed by atoms with van der Waals surface area (Å²) < 4.78 is 12.3. The van der Waals surface area contributed by atoms with Gasteiger partial charge in [-0.3, -0.25) is 4.79 Å². The van der Waals surface area contributed by atoms with Crippen LogP contribution in [0.5, 0.6) is 11.5 Å². The molecule has 2 heterocycles. The Morgan fingerprint density at radius 1 is 0.971 bits per heavy atom. The molecule has 0 aliphatic heterocycles. The molecule has 2 aromatic carbocycles. The van der Waals surface area contributed by atoms with E-state index in [0.29, 0.717) is 28.0 Å². The SMILES string of the molecule is COc1ccc(-n2nnc(C(=O)Nc3cc(C)ccc3OC)c2CSc2nc(C)cc(C)n2)cc1. The van der Waals surface area contributed by atoms with Crippen molar-refractivity contribution in [2.75, 3.05) is 19.5 Å². The highest BCUT2D eigenvalue weighted by Crippen LogP contribution is 2.28. The Hall–Kier alpha value is -3.92. The predicted molar refractivity (Wildman–Crippen MR) is 135 cm³/mol. The molecule has 0 spiro atoms. The maximum Gasteiger partial charge on any atom is 0.278 e. The number of aromatic nitrogens is 5. The maximum atomic E-state index is 13.3. The molecule has 180 valence electrons. The molecule has 0 atom stereocenters. The Balaban J connectivity index is 1.69. The highest BCUT2D eigenvalue weighted by molar-refractivity contribution is 7.98. The fourth-order valence-electron chi connectivity index (χ4n) is 3.53. The second-order valence-electron chi connectivity index (χ2n) is 7.87. The molecule has 0 radical (unpaired) electrons. The van der Waals surface area contributed by atoms with Gasteiger partial charge in [-0.05, 0) is 68.8 Å². The average Bonchev–Trinajstić information content (AvgIpc) is 3.26. The number of carbonyl (C=O) groups is 1. The Bertz CT molecular complexity index is 1330. The fraction of sp³-hybridized carbons (Fsp3) is 0.240. The van der Waals surface area contributed by atoms with Crippen LogP contribution in [0.25, 0.3) is 5.69 Å². The zero-order chi connectivity index (χ0) is 24.9. The zero-order valence-electron chi connectivity index (χ0n) is 20.2. The molecular formula is C25H26N6O3S. The van der Waals surface area contributed by atoms with E-state index in [4.69, 9.17) is 9.47 Å². The molecule has 0 aliphatic rings. The highest BCUT2D eigenvalue weighted by Gasteiger charge is 2.22. The summed E-state index contributed by atoms with van der Waals surface area (Å²) in [5.74, 6) is 1.28. The van der Waals surface area contributed by atoms with Crippen LogP contribution in [0, 0.1) is 20.8 Å². The van der Waals surface area contributed by atoms with Gasteiger partial charge in [-0.2, -0.15) is 0 Å². The summed E-state index contributed by atoms with van der Waals surface area (Å²) in [5.41, 5.74) is 4.90. The van der Waals surface area contributed by atoms with Gasteiger partial charge in [0.2, 0.25) is 0 Å².